The SMILES string of the molecule is COC(=O)C1(c2cc(N3CC(O)(CO)C3)ncn2)CC1. The summed E-state index contributed by atoms with van der Waals surface area (Å²) in [7, 11) is 1.38. The molecule has 1 aliphatic carbocycles. The van der Waals surface area contributed by atoms with Gasteiger partial charge in [-0.25, -0.2) is 9.97 Å². The maximum absolute atomic E-state index is 11.8. The number of β-amino-alcohol motifs (C(OH)–C–C–N with tert-alkyl or cyclic N) is 1. The standard InChI is InChI=1S/C13H17N3O4/c1-20-11(18)13(2-3-13)9-4-10(15-8-14-9)16-5-12(19,6-16)7-17/h4,8,17,19H,2-3,5-7H2,1H3. The van der Waals surface area contributed by atoms with Crippen LogP contribution in [0.4, 0.5) is 5.82 Å². The van der Waals surface area contributed by atoms with Gasteiger partial charge in [-0.1, -0.05) is 0 Å². The van der Waals surface area contributed by atoms with Crippen LogP contribution in [0.5, 0.6) is 0 Å². The molecule has 7 heteroatoms. The van der Waals surface area contributed by atoms with Crippen molar-refractivity contribution >= 4 is 11.8 Å². The molecule has 0 aromatic carbocycles. The maximum atomic E-state index is 11.8. The molecular formula is C13H17N3O4. The number of carbonyl (C=O) groups excluding carboxylic acids is 1. The molecule has 1 aromatic heterocycles. The molecule has 108 valence electrons. The van der Waals surface area contributed by atoms with Gasteiger partial charge in [-0.3, -0.25) is 4.79 Å². The Bertz CT molecular complexity index is 538. The van der Waals surface area contributed by atoms with Gasteiger partial charge in [-0.15, -0.1) is 0 Å². The van der Waals surface area contributed by atoms with Crippen molar-refractivity contribution < 1.29 is 19.7 Å². The second-order valence-electron chi connectivity index (χ2n) is 5.57. The van der Waals surface area contributed by atoms with Gasteiger partial charge in [0.15, 0.2) is 0 Å². The number of aromatic nitrogens is 2. The molecule has 1 saturated carbocycles. The highest BCUT2D eigenvalue weighted by Crippen LogP contribution is 2.48. The van der Waals surface area contributed by atoms with Crippen LogP contribution in [0, 0.1) is 0 Å². The van der Waals surface area contributed by atoms with Gasteiger partial charge in [-0.2, -0.15) is 0 Å². The number of ether oxygens (including phenoxy) is 1. The fraction of sp³-hybridized carbons (Fsp3) is 0.615. The van der Waals surface area contributed by atoms with Crippen molar-refractivity contribution in [1.29, 1.82) is 0 Å². The summed E-state index contributed by atoms with van der Waals surface area (Å²) in [5.41, 5.74) is -1.01. The summed E-state index contributed by atoms with van der Waals surface area (Å²) in [5, 5.41) is 18.8. The van der Waals surface area contributed by atoms with Crippen LogP contribution in [-0.4, -0.2) is 58.6 Å². The summed E-state index contributed by atoms with van der Waals surface area (Å²) in [6.45, 7) is 0.379. The Labute approximate surface area is 116 Å². The first-order chi connectivity index (χ1) is 9.53. The molecule has 0 bridgehead atoms. The molecule has 0 spiro atoms. The Morgan fingerprint density at radius 3 is 2.70 bits per heavy atom. The van der Waals surface area contributed by atoms with Crippen LogP contribution in [0.2, 0.25) is 0 Å². The quantitative estimate of drug-likeness (QED) is 0.698. The van der Waals surface area contributed by atoms with Gasteiger partial charge < -0.3 is 19.8 Å². The average Bonchev–Trinajstić information content (AvgIpc) is 3.25. The van der Waals surface area contributed by atoms with Gasteiger partial charge in [0.05, 0.1) is 32.5 Å². The van der Waals surface area contributed by atoms with E-state index in [1.807, 2.05) is 4.90 Å². The van der Waals surface area contributed by atoms with E-state index in [1.165, 1.54) is 13.4 Å². The third-order valence-electron chi connectivity index (χ3n) is 4.06. The van der Waals surface area contributed by atoms with E-state index in [0.717, 1.165) is 12.8 Å². The fourth-order valence-electron chi connectivity index (χ4n) is 2.59. The minimum absolute atomic E-state index is 0.266. The van der Waals surface area contributed by atoms with Gasteiger partial charge in [0.2, 0.25) is 0 Å². The largest absolute Gasteiger partial charge is 0.468 e. The first-order valence-electron chi connectivity index (χ1n) is 6.52. The van der Waals surface area contributed by atoms with E-state index < -0.39 is 11.0 Å². The number of hydrogen-bond acceptors (Lipinski definition) is 7. The van der Waals surface area contributed by atoms with Crippen LogP contribution in [0.25, 0.3) is 0 Å². The lowest BCUT2D eigenvalue weighted by Gasteiger charge is -2.46. The number of carbonyl (C=O) groups is 1. The number of hydrogen-bond donors (Lipinski definition) is 2. The van der Waals surface area contributed by atoms with E-state index in [4.69, 9.17) is 9.84 Å². The van der Waals surface area contributed by atoms with Crippen LogP contribution in [0.15, 0.2) is 12.4 Å². The van der Waals surface area contributed by atoms with E-state index in [9.17, 15) is 9.90 Å². The summed E-state index contributed by atoms with van der Waals surface area (Å²) >= 11 is 0. The number of nitrogens with zero attached hydrogens (tertiary/aromatic N) is 3. The fourth-order valence-corrected chi connectivity index (χ4v) is 2.59. The van der Waals surface area contributed by atoms with Crippen LogP contribution < -0.4 is 4.90 Å². The lowest BCUT2D eigenvalue weighted by atomic mass is 9.95. The second-order valence-corrected chi connectivity index (χ2v) is 5.57. The summed E-state index contributed by atoms with van der Waals surface area (Å²) in [6, 6.07) is 1.76. The molecule has 20 heavy (non-hydrogen) atoms. The summed E-state index contributed by atoms with van der Waals surface area (Å²) in [6.07, 6.45) is 2.89. The van der Waals surface area contributed by atoms with Gasteiger partial charge >= 0.3 is 5.97 Å². The minimum atomic E-state index is -1.05. The zero-order valence-electron chi connectivity index (χ0n) is 11.2. The molecule has 1 aromatic rings. The highest BCUT2D eigenvalue weighted by molar-refractivity contribution is 5.86. The monoisotopic (exact) mass is 279 g/mol. The highest BCUT2D eigenvalue weighted by Gasteiger charge is 2.54. The molecule has 0 atom stereocenters. The van der Waals surface area contributed by atoms with Gasteiger partial charge in [-0.05, 0) is 12.8 Å². The molecule has 2 aliphatic rings. The van der Waals surface area contributed by atoms with E-state index in [0.29, 0.717) is 24.6 Å². The van der Waals surface area contributed by atoms with Crippen molar-refractivity contribution in [3.05, 3.63) is 18.1 Å². The van der Waals surface area contributed by atoms with Crippen LogP contribution in [0.3, 0.4) is 0 Å². The molecule has 0 radical (unpaired) electrons. The number of esters is 1. The molecule has 1 saturated heterocycles. The predicted molar refractivity (Wildman–Crippen MR) is 69.2 cm³/mol. The third kappa shape index (κ3) is 1.94. The van der Waals surface area contributed by atoms with Crippen LogP contribution in [-0.2, 0) is 14.9 Å². The number of rotatable bonds is 4. The molecule has 1 aliphatic heterocycles. The van der Waals surface area contributed by atoms with E-state index in [2.05, 4.69) is 9.97 Å². The van der Waals surface area contributed by atoms with Crippen LogP contribution >= 0.6 is 0 Å². The lowest BCUT2D eigenvalue weighted by molar-refractivity contribution is -0.143. The van der Waals surface area contributed by atoms with Crippen LogP contribution in [0.1, 0.15) is 18.5 Å². The first-order valence-corrected chi connectivity index (χ1v) is 6.52. The van der Waals surface area contributed by atoms with Gasteiger partial charge in [0, 0.05) is 6.07 Å². The van der Waals surface area contributed by atoms with E-state index in [-0.39, 0.29) is 12.6 Å². The Morgan fingerprint density at radius 2 is 2.15 bits per heavy atom. The van der Waals surface area contributed by atoms with Gasteiger partial charge in [0.25, 0.3) is 0 Å². The smallest absolute Gasteiger partial charge is 0.317 e. The third-order valence-corrected chi connectivity index (χ3v) is 4.06. The molecule has 0 unspecified atom stereocenters. The number of anilines is 1. The van der Waals surface area contributed by atoms with Crippen molar-refractivity contribution in [2.45, 2.75) is 23.9 Å². The zero-order valence-corrected chi connectivity index (χ0v) is 11.2. The summed E-state index contributed by atoms with van der Waals surface area (Å²) < 4.78 is 4.84. The Kier molecular flexibility index (Phi) is 2.91. The maximum Gasteiger partial charge on any atom is 0.317 e. The van der Waals surface area contributed by atoms with Crippen molar-refractivity contribution in [3.8, 4) is 0 Å². The summed E-state index contributed by atoms with van der Waals surface area (Å²) in [4.78, 5) is 22.0. The van der Waals surface area contributed by atoms with Gasteiger partial charge in [0.1, 0.15) is 23.2 Å². The van der Waals surface area contributed by atoms with Crippen molar-refractivity contribution in [2.75, 3.05) is 31.7 Å². The average molecular weight is 279 g/mol. The normalized spacial score (nSPS) is 22.1. The molecule has 2 N–H and O–H groups in total. The second kappa shape index (κ2) is 4.39. The first kappa shape index (κ1) is 13.3. The van der Waals surface area contributed by atoms with Crippen molar-refractivity contribution in [1.82, 2.24) is 9.97 Å². The predicted octanol–water partition coefficient (Wildman–Crippen LogP) is -0.775. The number of aliphatic hydroxyl groups excluding tert-OH is 1. The van der Waals surface area contributed by atoms with Crippen molar-refractivity contribution in [3.63, 3.8) is 0 Å². The number of methoxy groups -OCH3 is 1. The zero-order chi connectivity index (χ0) is 14.4. The van der Waals surface area contributed by atoms with E-state index >= 15 is 0 Å². The molecule has 2 fully saturated rings. The summed E-state index contributed by atoms with van der Waals surface area (Å²) in [5.74, 6) is 0.390. The molecular weight excluding hydrogens is 262 g/mol. The molecule has 2 heterocycles. The number of aliphatic hydroxyl groups is 2. The van der Waals surface area contributed by atoms with E-state index in [1.54, 1.807) is 6.07 Å². The Morgan fingerprint density at radius 1 is 1.45 bits per heavy atom. The molecule has 7 nitrogen and oxygen atoms in total. The molecule has 0 amide bonds. The minimum Gasteiger partial charge on any atom is -0.468 e. The Balaban J connectivity index is 1.80. The lowest BCUT2D eigenvalue weighted by Crippen LogP contribution is -2.64. The topological polar surface area (TPSA) is 95.8 Å². The van der Waals surface area contributed by atoms with Crippen molar-refractivity contribution in [2.24, 2.45) is 0 Å². The Hall–Kier alpha value is -1.73. The highest BCUT2D eigenvalue weighted by atomic mass is 16.5. The molecule has 3 rings (SSSR count).